The first-order valence-corrected chi connectivity index (χ1v) is 3.58. The molecule has 0 atom stereocenters. The fraction of sp³-hybridized carbons (Fsp3) is 0.400. The molecule has 0 saturated heterocycles. The quantitative estimate of drug-likeness (QED) is 0.395. The van der Waals surface area contributed by atoms with Gasteiger partial charge in [-0.05, 0) is 11.6 Å². The Kier molecular flexibility index (Phi) is 4.81. The molecule has 0 spiro atoms. The molecule has 0 heterocycles. The van der Waals surface area contributed by atoms with Crippen LogP contribution in [0.3, 0.4) is 0 Å². The van der Waals surface area contributed by atoms with E-state index in [0.29, 0.717) is 0 Å². The summed E-state index contributed by atoms with van der Waals surface area (Å²) in [5.74, 6) is -1.64. The van der Waals surface area contributed by atoms with Gasteiger partial charge in [0.2, 0.25) is 5.91 Å². The van der Waals surface area contributed by atoms with Gasteiger partial charge in [0.05, 0.1) is 0 Å². The lowest BCUT2D eigenvalue weighted by Gasteiger charge is -1.96. The number of carbonyl (C=O) groups is 3. The van der Waals surface area contributed by atoms with Crippen molar-refractivity contribution in [1.29, 1.82) is 0 Å². The summed E-state index contributed by atoms with van der Waals surface area (Å²) in [6, 6.07) is 0. The van der Waals surface area contributed by atoms with Crippen LogP contribution in [-0.2, 0) is 14.4 Å². The largest absolute Gasteiger partial charge is 0.310 e. The summed E-state index contributed by atoms with van der Waals surface area (Å²) in [6.45, 7) is 0. The average molecular weight is 198 g/mol. The molecule has 0 rings (SSSR count). The third kappa shape index (κ3) is 4.75. The number of hydrogen-bond acceptors (Lipinski definition) is 3. The zero-order valence-electron chi connectivity index (χ0n) is 5.39. The van der Waals surface area contributed by atoms with Gasteiger partial charge in [0.1, 0.15) is 0 Å². The second-order valence-electron chi connectivity index (χ2n) is 1.59. The zero-order chi connectivity index (χ0) is 8.85. The Morgan fingerprint density at radius 2 is 1.82 bits per heavy atom. The molecule has 0 aromatic rings. The van der Waals surface area contributed by atoms with E-state index in [1.165, 1.54) is 0 Å². The number of amides is 2. The highest BCUT2D eigenvalue weighted by atomic mass is 35.5. The summed E-state index contributed by atoms with van der Waals surface area (Å²) < 4.78 is 0. The Morgan fingerprint density at radius 1 is 1.27 bits per heavy atom. The first kappa shape index (κ1) is 10.4. The second kappa shape index (κ2) is 5.09. The van der Waals surface area contributed by atoms with Crippen LogP contribution in [0.5, 0.6) is 0 Å². The average Bonchev–Trinajstić information content (AvgIpc) is 1.87. The van der Waals surface area contributed by atoms with Crippen molar-refractivity contribution in [2.75, 3.05) is 5.88 Å². The predicted molar refractivity (Wildman–Crippen MR) is 39.3 cm³/mol. The summed E-state index contributed by atoms with van der Waals surface area (Å²) >= 11 is 9.91. The SMILES string of the molecule is O=C(CCCl)NC(=O)C(=O)Cl. The zero-order valence-corrected chi connectivity index (χ0v) is 6.91. The summed E-state index contributed by atoms with van der Waals surface area (Å²) in [4.78, 5) is 31.0. The fourth-order valence-electron chi connectivity index (χ4n) is 0.324. The minimum Gasteiger partial charge on any atom is -0.289 e. The molecular formula is C5H5Cl2NO3. The summed E-state index contributed by atoms with van der Waals surface area (Å²) in [5, 5.41) is 0.522. The normalized spacial score (nSPS) is 8.91. The van der Waals surface area contributed by atoms with Crippen molar-refractivity contribution >= 4 is 40.3 Å². The van der Waals surface area contributed by atoms with E-state index in [1.54, 1.807) is 5.32 Å². The Bertz CT molecular complexity index is 192. The van der Waals surface area contributed by atoms with E-state index in [0.717, 1.165) is 0 Å². The van der Waals surface area contributed by atoms with Gasteiger partial charge in [-0.2, -0.15) is 0 Å². The van der Waals surface area contributed by atoms with Crippen molar-refractivity contribution in [2.45, 2.75) is 6.42 Å². The molecule has 0 saturated carbocycles. The first-order valence-electron chi connectivity index (χ1n) is 2.67. The number of imide groups is 1. The van der Waals surface area contributed by atoms with Crippen molar-refractivity contribution in [1.82, 2.24) is 5.32 Å². The van der Waals surface area contributed by atoms with Gasteiger partial charge < -0.3 is 0 Å². The molecular weight excluding hydrogens is 193 g/mol. The number of hydrogen-bond donors (Lipinski definition) is 1. The third-order valence-electron chi connectivity index (χ3n) is 0.753. The minimum atomic E-state index is -1.21. The number of nitrogens with one attached hydrogen (secondary N) is 1. The van der Waals surface area contributed by atoms with E-state index < -0.39 is 17.1 Å². The van der Waals surface area contributed by atoms with Crippen LogP contribution in [0.4, 0.5) is 0 Å². The van der Waals surface area contributed by atoms with E-state index in [-0.39, 0.29) is 12.3 Å². The van der Waals surface area contributed by atoms with Crippen LogP contribution in [0.1, 0.15) is 6.42 Å². The van der Waals surface area contributed by atoms with Crippen LogP contribution >= 0.6 is 23.2 Å². The maximum absolute atomic E-state index is 10.5. The number of alkyl halides is 1. The number of carbonyl (C=O) groups excluding carboxylic acids is 3. The molecule has 11 heavy (non-hydrogen) atoms. The molecule has 0 aliphatic carbocycles. The van der Waals surface area contributed by atoms with Crippen LogP contribution in [0.25, 0.3) is 0 Å². The van der Waals surface area contributed by atoms with Gasteiger partial charge in [-0.3, -0.25) is 19.7 Å². The van der Waals surface area contributed by atoms with Gasteiger partial charge >= 0.3 is 11.1 Å². The Balaban J connectivity index is 3.76. The molecule has 0 aliphatic heterocycles. The van der Waals surface area contributed by atoms with E-state index >= 15 is 0 Å². The Hall–Kier alpha value is -0.610. The van der Waals surface area contributed by atoms with Gasteiger partial charge in [-0.25, -0.2) is 0 Å². The summed E-state index contributed by atoms with van der Waals surface area (Å²) in [5.41, 5.74) is 0. The van der Waals surface area contributed by atoms with Crippen LogP contribution < -0.4 is 5.32 Å². The second-order valence-corrected chi connectivity index (χ2v) is 2.31. The standard InChI is InChI=1S/C5H5Cl2NO3/c6-2-1-3(9)8-5(11)4(7)10/h1-2H2,(H,8,9,11). The fourth-order valence-corrected chi connectivity index (χ4v) is 0.543. The molecule has 0 aromatic carbocycles. The molecule has 0 unspecified atom stereocenters. The first-order chi connectivity index (χ1) is 5.07. The Morgan fingerprint density at radius 3 is 2.18 bits per heavy atom. The number of halogens is 2. The highest BCUT2D eigenvalue weighted by Gasteiger charge is 2.12. The van der Waals surface area contributed by atoms with Crippen LogP contribution in [0.15, 0.2) is 0 Å². The van der Waals surface area contributed by atoms with E-state index in [1.807, 2.05) is 0 Å². The molecule has 0 fully saturated rings. The van der Waals surface area contributed by atoms with Crippen molar-refractivity contribution in [3.8, 4) is 0 Å². The van der Waals surface area contributed by atoms with Gasteiger partial charge in [0.15, 0.2) is 0 Å². The molecule has 4 nitrogen and oxygen atoms in total. The molecule has 1 N–H and O–H groups in total. The topological polar surface area (TPSA) is 63.2 Å². The monoisotopic (exact) mass is 197 g/mol. The predicted octanol–water partition coefficient (Wildman–Crippen LogP) is 0.0235. The van der Waals surface area contributed by atoms with E-state index in [2.05, 4.69) is 0 Å². The van der Waals surface area contributed by atoms with Gasteiger partial charge in [-0.15, -0.1) is 11.6 Å². The summed E-state index contributed by atoms with van der Waals surface area (Å²) in [7, 11) is 0. The van der Waals surface area contributed by atoms with Gasteiger partial charge in [0, 0.05) is 12.3 Å². The van der Waals surface area contributed by atoms with Crippen molar-refractivity contribution < 1.29 is 14.4 Å². The highest BCUT2D eigenvalue weighted by molar-refractivity contribution is 6.81. The van der Waals surface area contributed by atoms with Crippen molar-refractivity contribution in [3.05, 3.63) is 0 Å². The summed E-state index contributed by atoms with van der Waals surface area (Å²) in [6.07, 6.45) is -0.0164. The molecule has 0 aliphatic rings. The van der Waals surface area contributed by atoms with Gasteiger partial charge in [-0.1, -0.05) is 0 Å². The lowest BCUT2D eigenvalue weighted by atomic mass is 10.4. The molecule has 2 amide bonds. The molecule has 62 valence electrons. The number of rotatable bonds is 3. The lowest BCUT2D eigenvalue weighted by Crippen LogP contribution is -2.33. The molecule has 0 bridgehead atoms. The molecule has 0 aromatic heterocycles. The highest BCUT2D eigenvalue weighted by Crippen LogP contribution is 1.85. The maximum Gasteiger partial charge on any atom is 0.310 e. The molecule has 6 heteroatoms. The van der Waals surface area contributed by atoms with Crippen LogP contribution in [0.2, 0.25) is 0 Å². The lowest BCUT2D eigenvalue weighted by molar-refractivity contribution is -0.137. The van der Waals surface area contributed by atoms with Gasteiger partial charge in [0.25, 0.3) is 0 Å². The Labute approximate surface area is 72.8 Å². The van der Waals surface area contributed by atoms with Crippen molar-refractivity contribution in [3.63, 3.8) is 0 Å². The maximum atomic E-state index is 10.5. The van der Waals surface area contributed by atoms with Crippen LogP contribution in [0, 0.1) is 0 Å². The van der Waals surface area contributed by atoms with E-state index in [4.69, 9.17) is 23.2 Å². The minimum absolute atomic E-state index is 0.0164. The third-order valence-corrected chi connectivity index (χ3v) is 1.11. The van der Waals surface area contributed by atoms with E-state index in [9.17, 15) is 14.4 Å². The smallest absolute Gasteiger partial charge is 0.289 e. The van der Waals surface area contributed by atoms with Crippen LogP contribution in [-0.4, -0.2) is 22.9 Å². The molecule has 0 radical (unpaired) electrons. The van der Waals surface area contributed by atoms with Crippen molar-refractivity contribution in [2.24, 2.45) is 0 Å².